The molecule has 0 aliphatic carbocycles. The van der Waals surface area contributed by atoms with Gasteiger partial charge in [0, 0.05) is 19.0 Å². The van der Waals surface area contributed by atoms with Gasteiger partial charge in [0.2, 0.25) is 0 Å². The van der Waals surface area contributed by atoms with Gasteiger partial charge in [-0.3, -0.25) is 4.79 Å². The Labute approximate surface area is 209 Å². The molecule has 2 aromatic rings. The lowest BCUT2D eigenvalue weighted by atomic mass is 9.98. The van der Waals surface area contributed by atoms with Gasteiger partial charge in [-0.05, 0) is 81.1 Å². The third kappa shape index (κ3) is 9.47. The highest BCUT2D eigenvalue weighted by atomic mass is 35.5. The molecule has 3 rings (SSSR count). The third-order valence-corrected chi connectivity index (χ3v) is 6.24. The molecular formula is C25H31Cl2F2NO4. The van der Waals surface area contributed by atoms with Crippen LogP contribution in [0, 0.1) is 18.6 Å². The number of benzene rings is 2. The largest absolute Gasteiger partial charge is 0.481 e. The van der Waals surface area contributed by atoms with Crippen molar-refractivity contribution in [2.75, 3.05) is 26.2 Å². The zero-order valence-electron chi connectivity index (χ0n) is 19.4. The Kier molecular flexibility index (Phi) is 11.7. The van der Waals surface area contributed by atoms with Gasteiger partial charge < -0.3 is 19.8 Å². The van der Waals surface area contributed by atoms with Gasteiger partial charge in [0.05, 0.1) is 28.9 Å². The number of halogens is 4. The van der Waals surface area contributed by atoms with Gasteiger partial charge in [-0.25, -0.2) is 8.78 Å². The van der Waals surface area contributed by atoms with Gasteiger partial charge in [-0.15, -0.1) is 0 Å². The van der Waals surface area contributed by atoms with Crippen LogP contribution in [0.3, 0.4) is 0 Å². The summed E-state index contributed by atoms with van der Waals surface area (Å²) in [5.41, 5.74) is 1.56. The summed E-state index contributed by atoms with van der Waals surface area (Å²) in [4.78, 5) is 12.9. The van der Waals surface area contributed by atoms with E-state index in [-0.39, 0.29) is 30.6 Å². The molecule has 0 spiro atoms. The van der Waals surface area contributed by atoms with Gasteiger partial charge in [-0.1, -0.05) is 29.3 Å². The molecule has 1 aliphatic rings. The number of nitrogens with zero attached hydrogens (tertiary/aromatic N) is 1. The Morgan fingerprint density at radius 3 is 2.41 bits per heavy atom. The van der Waals surface area contributed by atoms with Crippen molar-refractivity contribution in [2.45, 2.75) is 51.7 Å². The summed E-state index contributed by atoms with van der Waals surface area (Å²) in [6, 6.07) is 7.46. The number of likely N-dealkylation sites (tertiary alicyclic amines) is 1. The van der Waals surface area contributed by atoms with Crippen molar-refractivity contribution < 1.29 is 28.5 Å². The second-order valence-electron chi connectivity index (χ2n) is 8.40. The molecule has 9 heteroatoms. The fraction of sp³-hybridized carbons (Fsp3) is 0.480. The van der Waals surface area contributed by atoms with Crippen molar-refractivity contribution in [1.82, 2.24) is 4.90 Å². The summed E-state index contributed by atoms with van der Waals surface area (Å²) >= 11 is 11.3. The van der Waals surface area contributed by atoms with Crippen molar-refractivity contribution in [1.29, 1.82) is 0 Å². The first kappa shape index (κ1) is 28.5. The molecule has 34 heavy (non-hydrogen) atoms. The Bertz CT molecular complexity index is 955. The van der Waals surface area contributed by atoms with E-state index in [2.05, 4.69) is 4.90 Å². The number of carboxylic acids is 1. The average Bonchev–Trinajstić information content (AvgIpc) is 3.27. The molecule has 0 bridgehead atoms. The van der Waals surface area contributed by atoms with Gasteiger partial charge in [0.15, 0.2) is 0 Å². The van der Waals surface area contributed by atoms with Crippen molar-refractivity contribution in [3.05, 3.63) is 68.7 Å². The molecule has 0 saturated carbocycles. The first-order valence-corrected chi connectivity index (χ1v) is 12.0. The molecule has 2 atom stereocenters. The maximum Gasteiger partial charge on any atom is 0.303 e. The zero-order valence-corrected chi connectivity index (χ0v) is 20.9. The summed E-state index contributed by atoms with van der Waals surface area (Å²) < 4.78 is 33.2. The Morgan fingerprint density at radius 2 is 1.82 bits per heavy atom. The van der Waals surface area contributed by atoms with Crippen molar-refractivity contribution in [3.8, 4) is 0 Å². The van der Waals surface area contributed by atoms with Crippen LogP contribution in [0.1, 0.15) is 49.0 Å². The molecule has 0 aromatic heterocycles. The van der Waals surface area contributed by atoms with Gasteiger partial charge >= 0.3 is 5.97 Å². The van der Waals surface area contributed by atoms with Crippen LogP contribution in [0.15, 0.2) is 30.3 Å². The van der Waals surface area contributed by atoms with Crippen LogP contribution >= 0.6 is 23.2 Å². The van der Waals surface area contributed by atoms with Gasteiger partial charge in [0.1, 0.15) is 11.6 Å². The first-order valence-electron chi connectivity index (χ1n) is 11.2. The minimum absolute atomic E-state index is 0.0409. The van der Waals surface area contributed by atoms with Crippen LogP contribution in [0.5, 0.6) is 0 Å². The van der Waals surface area contributed by atoms with Crippen LogP contribution in [0.4, 0.5) is 8.78 Å². The van der Waals surface area contributed by atoms with Crippen molar-refractivity contribution in [2.24, 2.45) is 0 Å². The molecule has 188 valence electrons. The molecule has 1 aliphatic heterocycles. The smallest absolute Gasteiger partial charge is 0.303 e. The molecule has 2 unspecified atom stereocenters. The van der Waals surface area contributed by atoms with E-state index < -0.39 is 29.8 Å². The normalized spacial score (nSPS) is 15.5. The SMILES string of the molecule is CC(OCC(O)CN1CCCC1)c1cc(F)cc(F)c1CCC(=O)O.Cc1ccc(Cl)c(Cl)c1. The minimum Gasteiger partial charge on any atom is -0.481 e. The molecule has 1 saturated heterocycles. The maximum atomic E-state index is 14.0. The number of rotatable bonds is 9. The van der Waals surface area contributed by atoms with Crippen LogP contribution in [0.25, 0.3) is 0 Å². The van der Waals surface area contributed by atoms with E-state index in [4.69, 9.17) is 33.0 Å². The zero-order chi connectivity index (χ0) is 25.3. The summed E-state index contributed by atoms with van der Waals surface area (Å²) in [5.74, 6) is -2.56. The number of hydrogen-bond donors (Lipinski definition) is 2. The van der Waals surface area contributed by atoms with Crippen LogP contribution < -0.4 is 0 Å². The minimum atomic E-state index is -1.05. The topological polar surface area (TPSA) is 70.0 Å². The number of ether oxygens (including phenoxy) is 1. The second kappa shape index (κ2) is 14.0. The molecular weight excluding hydrogens is 487 g/mol. The molecule has 5 nitrogen and oxygen atoms in total. The highest BCUT2D eigenvalue weighted by Crippen LogP contribution is 2.26. The van der Waals surface area contributed by atoms with E-state index in [9.17, 15) is 18.7 Å². The molecule has 2 aromatic carbocycles. The standard InChI is InChI=1S/C18H25F2NO4.C7H6Cl2/c1-12(25-11-14(22)10-21-6-2-3-7-21)16-8-13(19)9-17(20)15(16)4-5-18(23)24;1-5-2-3-6(8)7(9)4-5/h8-9,12,14,22H,2-7,10-11H2,1H3,(H,23,24);2-4H,1H3. The number of carboxylic acid groups (broad SMARTS) is 1. The monoisotopic (exact) mass is 517 g/mol. The number of aryl methyl sites for hydroxylation is 1. The Morgan fingerprint density at radius 1 is 1.15 bits per heavy atom. The summed E-state index contributed by atoms with van der Waals surface area (Å²) in [6.07, 6.45) is 0.628. The van der Waals surface area contributed by atoms with E-state index in [1.807, 2.05) is 19.1 Å². The Hall–Kier alpha value is -1.77. The van der Waals surface area contributed by atoms with E-state index in [1.165, 1.54) is 0 Å². The van der Waals surface area contributed by atoms with Crippen LogP contribution in [0.2, 0.25) is 10.0 Å². The molecule has 0 radical (unpaired) electrons. The molecule has 0 amide bonds. The van der Waals surface area contributed by atoms with E-state index in [1.54, 1.807) is 13.0 Å². The number of hydrogen-bond acceptors (Lipinski definition) is 4. The molecule has 2 N–H and O–H groups in total. The number of aliphatic carboxylic acids is 1. The number of aliphatic hydroxyl groups excluding tert-OH is 1. The lowest BCUT2D eigenvalue weighted by Crippen LogP contribution is -2.33. The molecule has 1 fully saturated rings. The fourth-order valence-electron chi connectivity index (χ4n) is 3.74. The fourth-order valence-corrected chi connectivity index (χ4v) is 4.10. The summed E-state index contributed by atoms with van der Waals surface area (Å²) in [7, 11) is 0. The van der Waals surface area contributed by atoms with Crippen LogP contribution in [-0.2, 0) is 16.0 Å². The summed E-state index contributed by atoms with van der Waals surface area (Å²) in [5, 5.41) is 20.1. The third-order valence-electron chi connectivity index (χ3n) is 5.50. The Balaban J connectivity index is 0.000000379. The lowest BCUT2D eigenvalue weighted by Gasteiger charge is -2.22. The van der Waals surface area contributed by atoms with E-state index in [0.717, 1.165) is 43.6 Å². The van der Waals surface area contributed by atoms with Crippen molar-refractivity contribution >= 4 is 29.2 Å². The number of aliphatic hydroxyl groups is 1. The average molecular weight is 518 g/mol. The van der Waals surface area contributed by atoms with E-state index in [0.29, 0.717) is 16.6 Å². The van der Waals surface area contributed by atoms with Gasteiger partial charge in [-0.2, -0.15) is 0 Å². The maximum absolute atomic E-state index is 14.0. The molecule has 1 heterocycles. The van der Waals surface area contributed by atoms with Crippen molar-refractivity contribution in [3.63, 3.8) is 0 Å². The lowest BCUT2D eigenvalue weighted by molar-refractivity contribution is -0.136. The van der Waals surface area contributed by atoms with Gasteiger partial charge in [0.25, 0.3) is 0 Å². The highest BCUT2D eigenvalue weighted by Gasteiger charge is 2.20. The predicted molar refractivity (Wildman–Crippen MR) is 130 cm³/mol. The summed E-state index contributed by atoms with van der Waals surface area (Å²) in [6.45, 7) is 6.09. The van der Waals surface area contributed by atoms with Crippen LogP contribution in [-0.4, -0.2) is 53.4 Å². The quantitative estimate of drug-likeness (QED) is 0.438. The number of β-amino-alcohol motifs (C(OH)–C–C–N with tert-alkyl or cyclic N) is 1. The van der Waals surface area contributed by atoms with E-state index >= 15 is 0 Å². The highest BCUT2D eigenvalue weighted by molar-refractivity contribution is 6.42. The first-order chi connectivity index (χ1) is 16.1. The predicted octanol–water partition coefficient (Wildman–Crippen LogP) is 5.82. The second-order valence-corrected chi connectivity index (χ2v) is 9.22. The number of carbonyl (C=O) groups is 1.